The summed E-state index contributed by atoms with van der Waals surface area (Å²) < 4.78 is 0. The maximum atomic E-state index is 2.24. The van der Waals surface area contributed by atoms with Gasteiger partial charge in [0.1, 0.15) is 0 Å². The summed E-state index contributed by atoms with van der Waals surface area (Å²) in [6, 6.07) is 13.2. The average molecular weight is 361 g/mol. The molecule has 0 spiro atoms. The van der Waals surface area contributed by atoms with Crippen molar-refractivity contribution in [1.29, 1.82) is 0 Å². The second kappa shape index (κ2) is 12.5. The molecular weight excluding hydrogens is 335 g/mol. The molecule has 2 aromatic carbocycles. The Kier molecular flexibility index (Phi) is 15.5. The molecule has 0 radical (unpaired) electrons. The third-order valence-corrected chi connectivity index (χ3v) is 3.20. The van der Waals surface area contributed by atoms with Crippen molar-refractivity contribution < 1.29 is 46.5 Å². The molecule has 0 unspecified atom stereocenters. The summed E-state index contributed by atoms with van der Waals surface area (Å²) in [6.45, 7) is 13.1. The van der Waals surface area contributed by atoms with Crippen molar-refractivity contribution in [2.45, 2.75) is 53.4 Å². The Morgan fingerprint density at radius 3 is 1.10 bits per heavy atom. The fraction of sp³-hybridized carbons (Fsp3) is 0.444. The van der Waals surface area contributed by atoms with Crippen LogP contribution in [-0.2, 0) is 21.7 Å². The molecule has 0 aliphatic rings. The minimum atomic E-state index is 0. The minimum Gasteiger partial charge on any atom is -1.00 e. The van der Waals surface area contributed by atoms with Crippen LogP contribution in [0, 0.1) is 13.8 Å². The van der Waals surface area contributed by atoms with E-state index < -0.39 is 0 Å². The van der Waals surface area contributed by atoms with Gasteiger partial charge in [-0.2, -0.15) is 46.5 Å². The van der Waals surface area contributed by atoms with E-state index in [-0.39, 0.29) is 46.5 Å². The van der Waals surface area contributed by atoms with Gasteiger partial charge in [-0.25, -0.2) is 12.1 Å². The van der Waals surface area contributed by atoms with Gasteiger partial charge in [0.05, 0.1) is 0 Å². The van der Waals surface area contributed by atoms with Gasteiger partial charge in [0, 0.05) is 0 Å². The molecule has 0 nitrogen and oxygen atoms in total. The summed E-state index contributed by atoms with van der Waals surface area (Å²) in [5, 5.41) is 0. The summed E-state index contributed by atoms with van der Waals surface area (Å²) in [5.41, 5.74) is 5.65. The second-order valence-corrected chi connectivity index (χ2v) is 5.75. The molecule has 0 fully saturated rings. The molecule has 2 rings (SSSR count). The van der Waals surface area contributed by atoms with Crippen LogP contribution in [0.5, 0.6) is 0 Å². The number of hydrogen-bond acceptors (Lipinski definition) is 0. The predicted molar refractivity (Wildman–Crippen MR) is 81.7 cm³/mol. The molecule has 0 aliphatic heterocycles. The molecule has 116 valence electrons. The van der Waals surface area contributed by atoms with Gasteiger partial charge in [-0.1, -0.05) is 53.4 Å². The van der Waals surface area contributed by atoms with Crippen molar-refractivity contribution in [3.8, 4) is 0 Å². The molecule has 2 aromatic rings. The molecule has 0 N–H and O–H groups in total. The molecular formula is C18H26Cl2Ti. The quantitative estimate of drug-likeness (QED) is 0.508. The minimum absolute atomic E-state index is 0. The Bertz CT molecular complexity index is 423. The van der Waals surface area contributed by atoms with Crippen LogP contribution < -0.4 is 24.8 Å². The van der Waals surface area contributed by atoms with E-state index in [1.54, 1.807) is 0 Å². The third-order valence-electron chi connectivity index (χ3n) is 3.20. The number of aryl methyl sites for hydroxylation is 2. The van der Waals surface area contributed by atoms with Crippen molar-refractivity contribution in [1.82, 2.24) is 0 Å². The monoisotopic (exact) mass is 360 g/mol. The van der Waals surface area contributed by atoms with Crippen LogP contribution in [0.4, 0.5) is 0 Å². The Hall–Kier alpha value is -0.00571. The van der Waals surface area contributed by atoms with Crippen LogP contribution in [0.2, 0.25) is 0 Å². The van der Waals surface area contributed by atoms with E-state index in [0.717, 1.165) is 0 Å². The summed E-state index contributed by atoms with van der Waals surface area (Å²) in [7, 11) is 0. The second-order valence-electron chi connectivity index (χ2n) is 5.75. The van der Waals surface area contributed by atoms with Crippen LogP contribution in [-0.4, -0.2) is 0 Å². The first-order valence-corrected chi connectivity index (χ1v) is 6.86. The van der Waals surface area contributed by atoms with Crippen molar-refractivity contribution in [3.63, 3.8) is 0 Å². The zero-order chi connectivity index (χ0) is 13.7. The van der Waals surface area contributed by atoms with E-state index in [1.807, 2.05) is 0 Å². The maximum absolute atomic E-state index is 2.24. The fourth-order valence-corrected chi connectivity index (χ4v) is 1.89. The summed E-state index contributed by atoms with van der Waals surface area (Å²) >= 11 is 0. The zero-order valence-electron chi connectivity index (χ0n) is 13.9. The molecule has 0 saturated carbocycles. The van der Waals surface area contributed by atoms with Crippen LogP contribution in [0.3, 0.4) is 0 Å². The van der Waals surface area contributed by atoms with Crippen LogP contribution in [0.1, 0.15) is 61.8 Å². The van der Waals surface area contributed by atoms with Crippen LogP contribution in [0.25, 0.3) is 0 Å². The van der Waals surface area contributed by atoms with Crippen molar-refractivity contribution >= 4 is 0 Å². The number of rotatable bonds is 2. The fourth-order valence-electron chi connectivity index (χ4n) is 1.89. The molecule has 0 amide bonds. The smallest absolute Gasteiger partial charge is 1.00 e. The molecule has 3 heteroatoms. The van der Waals surface area contributed by atoms with Gasteiger partial charge in [0.25, 0.3) is 0 Å². The average Bonchev–Trinajstić information content (AvgIpc) is 2.88. The van der Waals surface area contributed by atoms with Gasteiger partial charge in [-0.05, 0) is 0 Å². The van der Waals surface area contributed by atoms with Gasteiger partial charge < -0.3 is 24.8 Å². The molecule has 0 saturated heterocycles. The first-order valence-electron chi connectivity index (χ1n) is 6.86. The molecule has 0 aliphatic carbocycles. The third kappa shape index (κ3) is 9.58. The zero-order valence-corrected chi connectivity index (χ0v) is 16.9. The van der Waals surface area contributed by atoms with Crippen LogP contribution in [0.15, 0.2) is 36.4 Å². The van der Waals surface area contributed by atoms with E-state index in [0.29, 0.717) is 11.8 Å². The van der Waals surface area contributed by atoms with Gasteiger partial charge in [0.2, 0.25) is 0 Å². The number of hydrogen-bond donors (Lipinski definition) is 0. The van der Waals surface area contributed by atoms with Gasteiger partial charge >= 0.3 is 21.7 Å². The van der Waals surface area contributed by atoms with E-state index in [2.05, 4.69) is 77.9 Å². The Labute approximate surface area is 158 Å². The normalized spacial score (nSPS) is 9.14. The maximum Gasteiger partial charge on any atom is 4.00 e. The van der Waals surface area contributed by atoms with Gasteiger partial charge in [0.15, 0.2) is 0 Å². The molecule has 0 bridgehead atoms. The topological polar surface area (TPSA) is 0 Å². The van der Waals surface area contributed by atoms with E-state index in [1.165, 1.54) is 22.3 Å². The van der Waals surface area contributed by atoms with Crippen molar-refractivity contribution in [2.75, 3.05) is 0 Å². The summed E-state index contributed by atoms with van der Waals surface area (Å²) in [6.07, 6.45) is 0. The molecule has 0 atom stereocenters. The molecule has 0 aromatic heterocycles. The summed E-state index contributed by atoms with van der Waals surface area (Å²) in [5.74, 6) is 1.36. The SMILES string of the molecule is C[c-]1ccc(C(C)C)c1.C[c-]1ccc(C(C)C)c1.[Cl-].[Cl-].[Ti+4]. The molecule has 0 heterocycles. The standard InChI is InChI=1S/2C9H13.2ClH.Ti/c2*1-7(2)9-5-4-8(3)6-9;;;/h2*4-7H,1-3H3;2*1H;/q2*-1;;;+4/p-2. The first kappa shape index (κ1) is 25.9. The van der Waals surface area contributed by atoms with E-state index in [9.17, 15) is 0 Å². The van der Waals surface area contributed by atoms with Crippen molar-refractivity contribution in [2.24, 2.45) is 0 Å². The van der Waals surface area contributed by atoms with E-state index >= 15 is 0 Å². The van der Waals surface area contributed by atoms with Crippen LogP contribution >= 0.6 is 0 Å². The van der Waals surface area contributed by atoms with E-state index in [4.69, 9.17) is 0 Å². The predicted octanol–water partition coefficient (Wildman–Crippen LogP) is -0.320. The largest absolute Gasteiger partial charge is 4.00 e. The van der Waals surface area contributed by atoms with Gasteiger partial charge in [-0.15, -0.1) is 0 Å². The number of halogens is 2. The van der Waals surface area contributed by atoms with Gasteiger partial charge in [-0.3, -0.25) is 0 Å². The molecule has 21 heavy (non-hydrogen) atoms. The van der Waals surface area contributed by atoms with Crippen molar-refractivity contribution in [3.05, 3.63) is 58.7 Å². The Balaban J connectivity index is -0.000000270. The Morgan fingerprint density at radius 2 is 1.00 bits per heavy atom. The summed E-state index contributed by atoms with van der Waals surface area (Å²) in [4.78, 5) is 0. The Morgan fingerprint density at radius 1 is 0.714 bits per heavy atom. The first-order chi connectivity index (χ1) is 8.40.